The Hall–Kier alpha value is -1.66. The number of hydrogen-bond donors (Lipinski definition) is 3. The molecule has 0 heterocycles. The smallest absolute Gasteiger partial charge is 0.305 e. The highest BCUT2D eigenvalue weighted by Gasteiger charge is 2.20. The summed E-state index contributed by atoms with van der Waals surface area (Å²) in [7, 11) is 0. The van der Waals surface area contributed by atoms with Gasteiger partial charge in [-0.1, -0.05) is 282 Å². The Balaban J connectivity index is 3.37. The number of hydrogen-bond acceptors (Lipinski definition) is 5. The molecule has 6 nitrogen and oxygen atoms in total. The van der Waals surface area contributed by atoms with Crippen molar-refractivity contribution in [3.8, 4) is 0 Å². The van der Waals surface area contributed by atoms with Crippen LogP contribution in [0.1, 0.15) is 348 Å². The lowest BCUT2D eigenvalue weighted by atomic mass is 10.0. The van der Waals surface area contributed by atoms with Crippen molar-refractivity contribution in [3.63, 3.8) is 0 Å². The first kappa shape index (κ1) is 68.3. The third kappa shape index (κ3) is 55.7. The highest BCUT2D eigenvalue weighted by molar-refractivity contribution is 5.76. The zero-order valence-electron chi connectivity index (χ0n) is 47.3. The number of esters is 1. The zero-order valence-corrected chi connectivity index (χ0v) is 47.3. The first-order chi connectivity index (χ1) is 34.5. The molecule has 2 unspecified atom stereocenters. The number of nitrogens with one attached hydrogen (secondary N) is 1. The van der Waals surface area contributed by atoms with Crippen molar-refractivity contribution in [1.82, 2.24) is 5.32 Å². The van der Waals surface area contributed by atoms with E-state index in [0.717, 1.165) is 44.9 Å². The van der Waals surface area contributed by atoms with Crippen molar-refractivity contribution in [2.45, 2.75) is 360 Å². The van der Waals surface area contributed by atoms with Crippen molar-refractivity contribution in [2.75, 3.05) is 13.2 Å². The van der Waals surface area contributed by atoms with Gasteiger partial charge in [-0.15, -0.1) is 0 Å². The van der Waals surface area contributed by atoms with Crippen LogP contribution in [-0.4, -0.2) is 47.4 Å². The van der Waals surface area contributed by atoms with E-state index < -0.39 is 12.1 Å². The number of ether oxygens (including phenoxy) is 1. The molecule has 0 bridgehead atoms. The molecule has 0 aromatic rings. The molecule has 0 aromatic carbocycles. The Bertz CT molecular complexity index is 1090. The second-order valence-electron chi connectivity index (χ2n) is 21.7. The summed E-state index contributed by atoms with van der Waals surface area (Å²) in [6.07, 6.45) is 73.4. The van der Waals surface area contributed by atoms with E-state index in [2.05, 4.69) is 43.5 Å². The Kier molecular flexibility index (Phi) is 58.5. The number of carbonyl (C=O) groups is 2. The Morgan fingerprint density at radius 2 is 0.671 bits per heavy atom. The van der Waals surface area contributed by atoms with Crippen LogP contribution in [0.3, 0.4) is 0 Å². The molecule has 6 heteroatoms. The normalized spacial score (nSPS) is 12.7. The molecule has 0 aromatic heterocycles. The quantitative estimate of drug-likeness (QED) is 0.0321. The minimum absolute atomic E-state index is 0.00590. The van der Waals surface area contributed by atoms with Gasteiger partial charge in [-0.2, -0.15) is 0 Å². The lowest BCUT2D eigenvalue weighted by Gasteiger charge is -2.22. The molecule has 70 heavy (non-hydrogen) atoms. The molecule has 0 saturated carbocycles. The maximum atomic E-state index is 12.5. The van der Waals surface area contributed by atoms with E-state index in [1.807, 2.05) is 0 Å². The van der Waals surface area contributed by atoms with Gasteiger partial charge in [0.15, 0.2) is 0 Å². The Morgan fingerprint density at radius 1 is 0.386 bits per heavy atom. The van der Waals surface area contributed by atoms with Crippen LogP contribution in [0.15, 0.2) is 24.3 Å². The topological polar surface area (TPSA) is 95.9 Å². The molecule has 0 radical (unpaired) electrons. The second kappa shape index (κ2) is 59.9. The maximum Gasteiger partial charge on any atom is 0.305 e. The van der Waals surface area contributed by atoms with Gasteiger partial charge >= 0.3 is 5.97 Å². The summed E-state index contributed by atoms with van der Waals surface area (Å²) in [5.74, 6) is -0.0278. The van der Waals surface area contributed by atoms with Gasteiger partial charge in [-0.25, -0.2) is 0 Å². The van der Waals surface area contributed by atoms with E-state index in [4.69, 9.17) is 4.74 Å². The van der Waals surface area contributed by atoms with Crippen LogP contribution in [0.2, 0.25) is 0 Å². The van der Waals surface area contributed by atoms with Gasteiger partial charge in [0.2, 0.25) is 5.91 Å². The second-order valence-corrected chi connectivity index (χ2v) is 21.7. The van der Waals surface area contributed by atoms with Gasteiger partial charge in [0.25, 0.3) is 0 Å². The van der Waals surface area contributed by atoms with Crippen LogP contribution in [-0.2, 0) is 14.3 Å². The van der Waals surface area contributed by atoms with Crippen molar-refractivity contribution < 1.29 is 24.5 Å². The molecular weight excluding hydrogens is 863 g/mol. The van der Waals surface area contributed by atoms with Crippen LogP contribution in [0.5, 0.6) is 0 Å². The average molecular weight is 987 g/mol. The summed E-state index contributed by atoms with van der Waals surface area (Å²) in [4.78, 5) is 24.5. The Morgan fingerprint density at radius 3 is 1.04 bits per heavy atom. The fraction of sp³-hybridized carbons (Fsp3) is 0.906. The molecule has 0 fully saturated rings. The summed E-state index contributed by atoms with van der Waals surface area (Å²) >= 11 is 0. The summed E-state index contributed by atoms with van der Waals surface area (Å²) in [6, 6.07) is -0.540. The SMILES string of the molecule is CCCCC/C=C\CCCCCCCC(=O)OCCCCCCCCCCCCCC/C=C\CCCCCCCCCCCCCCC(=O)NC(CO)C(O)CCCCCCCCCCCCCCC. The van der Waals surface area contributed by atoms with Crippen LogP contribution >= 0.6 is 0 Å². The predicted octanol–water partition coefficient (Wildman–Crippen LogP) is 19.8. The lowest BCUT2D eigenvalue weighted by Crippen LogP contribution is -2.45. The monoisotopic (exact) mass is 986 g/mol. The van der Waals surface area contributed by atoms with E-state index in [-0.39, 0.29) is 18.5 Å². The van der Waals surface area contributed by atoms with Crippen molar-refractivity contribution in [2.24, 2.45) is 0 Å². The number of unbranched alkanes of at least 4 members (excludes halogenated alkanes) is 44. The Labute approximate surface area is 437 Å². The van der Waals surface area contributed by atoms with Gasteiger partial charge in [0, 0.05) is 12.8 Å². The van der Waals surface area contributed by atoms with Crippen LogP contribution in [0.4, 0.5) is 0 Å². The molecule has 0 aliphatic rings. The maximum absolute atomic E-state index is 12.5. The van der Waals surface area contributed by atoms with Crippen LogP contribution < -0.4 is 5.32 Å². The van der Waals surface area contributed by atoms with Gasteiger partial charge < -0.3 is 20.3 Å². The van der Waals surface area contributed by atoms with Crippen molar-refractivity contribution in [3.05, 3.63) is 24.3 Å². The highest BCUT2D eigenvalue weighted by Crippen LogP contribution is 2.18. The van der Waals surface area contributed by atoms with E-state index in [9.17, 15) is 19.8 Å². The van der Waals surface area contributed by atoms with Gasteiger partial charge in [0.05, 0.1) is 25.4 Å². The number of carbonyl (C=O) groups excluding carboxylic acids is 2. The van der Waals surface area contributed by atoms with Crippen LogP contribution in [0.25, 0.3) is 0 Å². The van der Waals surface area contributed by atoms with E-state index >= 15 is 0 Å². The molecule has 0 aliphatic carbocycles. The highest BCUT2D eigenvalue weighted by atomic mass is 16.5. The minimum Gasteiger partial charge on any atom is -0.466 e. The van der Waals surface area contributed by atoms with Gasteiger partial charge in [0.1, 0.15) is 0 Å². The third-order valence-corrected chi connectivity index (χ3v) is 14.7. The molecule has 0 saturated heterocycles. The van der Waals surface area contributed by atoms with E-state index in [1.165, 1.54) is 270 Å². The van der Waals surface area contributed by atoms with Gasteiger partial charge in [-0.3, -0.25) is 9.59 Å². The first-order valence-corrected chi connectivity index (χ1v) is 31.6. The van der Waals surface area contributed by atoms with Gasteiger partial charge in [-0.05, 0) is 77.0 Å². The van der Waals surface area contributed by atoms with Crippen molar-refractivity contribution >= 4 is 11.9 Å². The molecule has 414 valence electrons. The summed E-state index contributed by atoms with van der Waals surface area (Å²) in [5, 5.41) is 23.3. The molecule has 2 atom stereocenters. The minimum atomic E-state index is -0.663. The first-order valence-electron chi connectivity index (χ1n) is 31.6. The molecule has 1 amide bonds. The number of rotatable bonds is 59. The molecule has 0 aliphatic heterocycles. The largest absolute Gasteiger partial charge is 0.466 e. The van der Waals surface area contributed by atoms with Crippen LogP contribution in [0, 0.1) is 0 Å². The summed E-state index contributed by atoms with van der Waals surface area (Å²) < 4.78 is 5.47. The third-order valence-electron chi connectivity index (χ3n) is 14.7. The number of amides is 1. The standard InChI is InChI=1S/C64H123NO5/c1-3-5-7-9-11-13-15-33-36-40-44-48-52-56-62(67)61(60-66)65-63(68)57-53-49-45-41-37-34-31-29-27-25-23-21-19-17-18-20-22-24-26-28-30-32-35-39-43-47-51-55-59-70-64(69)58-54-50-46-42-38-16-14-12-10-8-6-4-2/h12,14,17-18,61-62,66-67H,3-11,13,15-16,19-60H2,1-2H3,(H,65,68)/b14-12-,18-17-. The summed E-state index contributed by atoms with van der Waals surface area (Å²) in [6.45, 7) is 4.94. The summed E-state index contributed by atoms with van der Waals surface area (Å²) in [5.41, 5.74) is 0. The molecule has 0 rings (SSSR count). The lowest BCUT2D eigenvalue weighted by molar-refractivity contribution is -0.143. The predicted molar refractivity (Wildman–Crippen MR) is 306 cm³/mol. The van der Waals surface area contributed by atoms with Crippen molar-refractivity contribution in [1.29, 1.82) is 0 Å². The average Bonchev–Trinajstić information content (AvgIpc) is 3.36. The molecular formula is C64H123NO5. The molecule has 3 N–H and O–H groups in total. The fourth-order valence-electron chi connectivity index (χ4n) is 9.87. The van der Waals surface area contributed by atoms with E-state index in [0.29, 0.717) is 25.9 Å². The number of aliphatic hydroxyl groups is 2. The van der Waals surface area contributed by atoms with E-state index in [1.54, 1.807) is 0 Å². The fourth-order valence-corrected chi connectivity index (χ4v) is 9.87. The molecule has 0 spiro atoms. The number of allylic oxidation sites excluding steroid dienone is 4. The number of aliphatic hydroxyl groups excluding tert-OH is 2. The zero-order chi connectivity index (χ0) is 50.7.